The predicted octanol–water partition coefficient (Wildman–Crippen LogP) is 3.78. The van der Waals surface area contributed by atoms with Crippen LogP contribution in [0, 0.1) is 0 Å². The highest BCUT2D eigenvalue weighted by molar-refractivity contribution is 7.89. The molecule has 2 aromatic heterocycles. The lowest BCUT2D eigenvalue weighted by Crippen LogP contribution is -2.48. The Labute approximate surface area is 195 Å². The number of morpholine rings is 1. The summed E-state index contributed by atoms with van der Waals surface area (Å²) in [6.07, 6.45) is 1.01. The van der Waals surface area contributed by atoms with Crippen LogP contribution in [-0.2, 0) is 21.3 Å². The third-order valence-electron chi connectivity index (χ3n) is 4.91. The molecule has 8 nitrogen and oxygen atoms in total. The molecule has 1 aliphatic heterocycles. The first-order chi connectivity index (χ1) is 15.2. The van der Waals surface area contributed by atoms with Crippen molar-refractivity contribution in [2.45, 2.75) is 37.5 Å². The highest BCUT2D eigenvalue weighted by Gasteiger charge is 2.33. The summed E-state index contributed by atoms with van der Waals surface area (Å²) in [5.41, 5.74) is 0.740. The van der Waals surface area contributed by atoms with Gasteiger partial charge in [-0.15, -0.1) is 11.3 Å². The van der Waals surface area contributed by atoms with Crippen molar-refractivity contribution < 1.29 is 22.4 Å². The van der Waals surface area contributed by atoms with Crippen LogP contribution in [-0.4, -0.2) is 48.9 Å². The Bertz CT molecular complexity index is 1200. The number of ether oxygens (including phenoxy) is 1. The first-order valence-corrected chi connectivity index (χ1v) is 12.7. The molecule has 0 radical (unpaired) electrons. The van der Waals surface area contributed by atoms with E-state index in [-0.39, 0.29) is 47.3 Å². The molecule has 1 fully saturated rings. The minimum atomic E-state index is -3.89. The summed E-state index contributed by atoms with van der Waals surface area (Å²) in [6.45, 7) is 4.21. The zero-order valence-corrected chi connectivity index (χ0v) is 19.8. The molecule has 1 saturated heterocycles. The number of sulfonamides is 1. The first-order valence-electron chi connectivity index (χ1n) is 9.95. The van der Waals surface area contributed by atoms with Crippen LogP contribution >= 0.6 is 22.9 Å². The van der Waals surface area contributed by atoms with Crippen molar-refractivity contribution in [1.82, 2.24) is 14.6 Å². The van der Waals surface area contributed by atoms with E-state index in [1.807, 2.05) is 31.4 Å². The largest absolute Gasteiger partial charge is 0.443 e. The van der Waals surface area contributed by atoms with Crippen LogP contribution in [0.3, 0.4) is 0 Å². The Kier molecular flexibility index (Phi) is 6.68. The van der Waals surface area contributed by atoms with Gasteiger partial charge in [-0.05, 0) is 43.5 Å². The maximum Gasteiger partial charge on any atom is 0.251 e. The number of halogens is 1. The molecule has 2 unspecified atom stereocenters. The molecule has 32 heavy (non-hydrogen) atoms. The van der Waals surface area contributed by atoms with Crippen molar-refractivity contribution in [2.24, 2.45) is 0 Å². The van der Waals surface area contributed by atoms with Crippen LogP contribution < -0.4 is 5.32 Å². The molecule has 0 aliphatic carbocycles. The number of rotatable bonds is 6. The summed E-state index contributed by atoms with van der Waals surface area (Å²) in [7, 11) is -3.89. The monoisotopic (exact) mass is 495 g/mol. The average molecular weight is 496 g/mol. The molecule has 0 bridgehead atoms. The van der Waals surface area contributed by atoms with Gasteiger partial charge in [0.1, 0.15) is 11.2 Å². The number of carbonyl (C=O) groups excluding carboxylic acids is 1. The number of thiophene rings is 1. The fourth-order valence-electron chi connectivity index (χ4n) is 3.48. The molecule has 0 saturated carbocycles. The summed E-state index contributed by atoms with van der Waals surface area (Å²) in [6, 6.07) is 8.00. The van der Waals surface area contributed by atoms with Crippen LogP contribution in [0.15, 0.2) is 51.3 Å². The predicted molar refractivity (Wildman–Crippen MR) is 121 cm³/mol. The van der Waals surface area contributed by atoms with Gasteiger partial charge in [0.05, 0.1) is 34.3 Å². The SMILES string of the molecule is CC1CN(S(=O)(=O)c2cc(C(=O)NCc3coc(-c4cccs4)n3)ccc2Cl)CC(C)O1. The number of hydrogen-bond acceptors (Lipinski definition) is 7. The topological polar surface area (TPSA) is 102 Å². The Hall–Kier alpha value is -2.24. The molecular weight excluding hydrogens is 474 g/mol. The highest BCUT2D eigenvalue weighted by Crippen LogP contribution is 2.28. The summed E-state index contributed by atoms with van der Waals surface area (Å²) in [4.78, 5) is 17.8. The Morgan fingerprint density at radius 3 is 2.72 bits per heavy atom. The van der Waals surface area contributed by atoms with Gasteiger partial charge in [0.2, 0.25) is 15.9 Å². The van der Waals surface area contributed by atoms with Gasteiger partial charge in [0, 0.05) is 18.7 Å². The second-order valence-electron chi connectivity index (χ2n) is 7.53. The molecular formula is C21H22ClN3O5S2. The molecule has 170 valence electrons. The number of benzene rings is 1. The second-order valence-corrected chi connectivity index (χ2v) is 10.8. The number of nitrogens with zero attached hydrogens (tertiary/aromatic N) is 2. The summed E-state index contributed by atoms with van der Waals surface area (Å²) >= 11 is 7.71. The number of oxazole rings is 1. The van der Waals surface area contributed by atoms with Gasteiger partial charge in [-0.2, -0.15) is 4.31 Å². The molecule has 4 rings (SSSR count). The van der Waals surface area contributed by atoms with Crippen LogP contribution in [0.2, 0.25) is 5.02 Å². The number of nitrogens with one attached hydrogen (secondary N) is 1. The molecule has 2 atom stereocenters. The number of carbonyl (C=O) groups is 1. The van der Waals surface area contributed by atoms with Crippen molar-refractivity contribution in [3.05, 3.63) is 58.3 Å². The summed E-state index contributed by atoms with van der Waals surface area (Å²) < 4.78 is 38.8. The van der Waals surface area contributed by atoms with E-state index in [2.05, 4.69) is 10.3 Å². The van der Waals surface area contributed by atoms with E-state index in [0.717, 1.165) is 4.88 Å². The van der Waals surface area contributed by atoms with Crippen molar-refractivity contribution in [3.8, 4) is 10.8 Å². The normalized spacial score (nSPS) is 19.7. The molecule has 1 aromatic carbocycles. The minimum Gasteiger partial charge on any atom is -0.443 e. The van der Waals surface area contributed by atoms with Gasteiger partial charge in [0.15, 0.2) is 0 Å². The third-order valence-corrected chi connectivity index (χ3v) is 8.08. The van der Waals surface area contributed by atoms with E-state index >= 15 is 0 Å². The number of amides is 1. The zero-order valence-electron chi connectivity index (χ0n) is 17.4. The van der Waals surface area contributed by atoms with E-state index in [9.17, 15) is 13.2 Å². The molecule has 1 N–H and O–H groups in total. The third kappa shape index (κ3) is 4.89. The highest BCUT2D eigenvalue weighted by atomic mass is 35.5. The van der Waals surface area contributed by atoms with Gasteiger partial charge in [-0.3, -0.25) is 4.79 Å². The maximum atomic E-state index is 13.2. The lowest BCUT2D eigenvalue weighted by Gasteiger charge is -2.34. The van der Waals surface area contributed by atoms with E-state index in [1.165, 1.54) is 40.1 Å². The van der Waals surface area contributed by atoms with Gasteiger partial charge in [-0.25, -0.2) is 13.4 Å². The maximum absolute atomic E-state index is 13.2. The fraction of sp³-hybridized carbons (Fsp3) is 0.333. The average Bonchev–Trinajstić information content (AvgIpc) is 3.43. The van der Waals surface area contributed by atoms with Crippen LogP contribution in [0.1, 0.15) is 29.9 Å². The fourth-order valence-corrected chi connectivity index (χ4v) is 6.23. The van der Waals surface area contributed by atoms with Crippen LogP contribution in [0.5, 0.6) is 0 Å². The Balaban J connectivity index is 1.49. The molecule has 3 heterocycles. The number of hydrogen-bond donors (Lipinski definition) is 1. The van der Waals surface area contributed by atoms with Gasteiger partial charge in [0.25, 0.3) is 5.91 Å². The van der Waals surface area contributed by atoms with Crippen molar-refractivity contribution >= 4 is 38.9 Å². The molecule has 1 amide bonds. The first kappa shape index (κ1) is 22.9. The van der Waals surface area contributed by atoms with E-state index in [4.69, 9.17) is 20.8 Å². The standard InChI is InChI=1S/C21H22ClN3O5S2/c1-13-10-25(11-14(2)30-13)32(27,28)19-8-15(5-6-17(19)22)20(26)23-9-16-12-29-21(24-16)18-4-3-7-31-18/h3-8,12-14H,9-11H2,1-2H3,(H,23,26). The van der Waals surface area contributed by atoms with E-state index < -0.39 is 15.9 Å². The van der Waals surface area contributed by atoms with Crippen molar-refractivity contribution in [3.63, 3.8) is 0 Å². The quantitative estimate of drug-likeness (QED) is 0.558. The lowest BCUT2D eigenvalue weighted by molar-refractivity contribution is -0.0440. The zero-order chi connectivity index (χ0) is 22.9. The van der Waals surface area contributed by atoms with Gasteiger partial charge in [-0.1, -0.05) is 17.7 Å². The van der Waals surface area contributed by atoms with Crippen LogP contribution in [0.25, 0.3) is 10.8 Å². The second kappa shape index (κ2) is 9.32. The summed E-state index contributed by atoms with van der Waals surface area (Å²) in [5, 5.41) is 4.72. The van der Waals surface area contributed by atoms with Gasteiger partial charge < -0.3 is 14.5 Å². The smallest absolute Gasteiger partial charge is 0.251 e. The van der Waals surface area contributed by atoms with Gasteiger partial charge >= 0.3 is 0 Å². The van der Waals surface area contributed by atoms with E-state index in [0.29, 0.717) is 11.6 Å². The Morgan fingerprint density at radius 2 is 2.03 bits per heavy atom. The van der Waals surface area contributed by atoms with Crippen LogP contribution in [0.4, 0.5) is 0 Å². The minimum absolute atomic E-state index is 0.0606. The molecule has 1 aliphatic rings. The number of aromatic nitrogens is 1. The molecule has 11 heteroatoms. The van der Waals surface area contributed by atoms with Crippen molar-refractivity contribution in [1.29, 1.82) is 0 Å². The lowest BCUT2D eigenvalue weighted by atomic mass is 10.2. The van der Waals surface area contributed by atoms with Crippen molar-refractivity contribution in [2.75, 3.05) is 13.1 Å². The molecule has 3 aromatic rings. The Morgan fingerprint density at radius 1 is 1.28 bits per heavy atom. The van der Waals surface area contributed by atoms with E-state index in [1.54, 1.807) is 0 Å². The molecule has 0 spiro atoms. The summed E-state index contributed by atoms with van der Waals surface area (Å²) in [5.74, 6) is 0.0422.